The Morgan fingerprint density at radius 1 is 1.06 bits per heavy atom. The number of anilines is 1. The van der Waals surface area contributed by atoms with Gasteiger partial charge in [-0.25, -0.2) is 0 Å². The lowest BCUT2D eigenvalue weighted by Gasteiger charge is -2.20. The van der Waals surface area contributed by atoms with Crippen molar-refractivity contribution in [1.82, 2.24) is 0 Å². The first-order valence-corrected chi connectivity index (χ1v) is 6.87. The second kappa shape index (κ2) is 4.75. The van der Waals surface area contributed by atoms with Crippen LogP contribution in [0.5, 0.6) is 0 Å². The zero-order valence-electron chi connectivity index (χ0n) is 10.1. The van der Waals surface area contributed by atoms with E-state index >= 15 is 0 Å². The van der Waals surface area contributed by atoms with Crippen LogP contribution in [0.25, 0.3) is 0 Å². The molecular formula is C15H15BrN2. The molecule has 0 atom stereocenters. The molecular weight excluding hydrogens is 288 g/mol. The van der Waals surface area contributed by atoms with Crippen molar-refractivity contribution < 1.29 is 0 Å². The average Bonchev–Trinajstić information content (AvgIpc) is 2.81. The van der Waals surface area contributed by atoms with Crippen molar-refractivity contribution in [3.63, 3.8) is 0 Å². The number of fused-ring (bicyclic) bond motifs is 1. The van der Waals surface area contributed by atoms with Gasteiger partial charge in [-0.2, -0.15) is 0 Å². The average molecular weight is 303 g/mol. The Labute approximate surface area is 116 Å². The molecule has 2 N–H and O–H groups in total. The van der Waals surface area contributed by atoms with Crippen LogP contribution < -0.4 is 10.6 Å². The van der Waals surface area contributed by atoms with Crippen molar-refractivity contribution in [2.24, 2.45) is 5.73 Å². The number of nitrogens with two attached hydrogens (primary N) is 1. The van der Waals surface area contributed by atoms with Crippen LogP contribution in [0.4, 0.5) is 5.69 Å². The van der Waals surface area contributed by atoms with Gasteiger partial charge in [0.25, 0.3) is 0 Å². The molecule has 3 rings (SSSR count). The van der Waals surface area contributed by atoms with Gasteiger partial charge in [0.05, 0.1) is 5.69 Å². The first-order chi connectivity index (χ1) is 8.78. The molecule has 0 unspecified atom stereocenters. The number of rotatable bonds is 2. The summed E-state index contributed by atoms with van der Waals surface area (Å²) in [5.74, 6) is 0. The van der Waals surface area contributed by atoms with Crippen molar-refractivity contribution >= 4 is 21.6 Å². The van der Waals surface area contributed by atoms with Gasteiger partial charge in [-0.3, -0.25) is 0 Å². The Kier molecular flexibility index (Phi) is 3.10. The lowest BCUT2D eigenvalue weighted by molar-refractivity contribution is 0.876. The van der Waals surface area contributed by atoms with E-state index in [2.05, 4.69) is 63.3 Å². The molecule has 18 heavy (non-hydrogen) atoms. The van der Waals surface area contributed by atoms with E-state index in [1.54, 1.807) is 0 Å². The molecule has 1 heterocycles. The Bertz CT molecular complexity index is 555. The first kappa shape index (κ1) is 11.8. The Hall–Kier alpha value is -1.32. The molecule has 0 bridgehead atoms. The number of benzene rings is 2. The smallest absolute Gasteiger partial charge is 0.0516 e. The van der Waals surface area contributed by atoms with Crippen molar-refractivity contribution in [3.8, 4) is 0 Å². The zero-order chi connectivity index (χ0) is 12.5. The first-order valence-electron chi connectivity index (χ1n) is 6.08. The number of halogens is 1. The largest absolute Gasteiger partial charge is 0.362 e. The molecule has 2 aromatic carbocycles. The van der Waals surface area contributed by atoms with Crippen LogP contribution in [-0.2, 0) is 19.6 Å². The second-order valence-corrected chi connectivity index (χ2v) is 5.47. The van der Waals surface area contributed by atoms with Gasteiger partial charge in [-0.1, -0.05) is 30.3 Å². The lowest BCUT2D eigenvalue weighted by Crippen LogP contribution is -2.15. The van der Waals surface area contributed by atoms with E-state index in [4.69, 9.17) is 5.73 Å². The van der Waals surface area contributed by atoms with E-state index in [-0.39, 0.29) is 0 Å². The zero-order valence-corrected chi connectivity index (χ0v) is 11.7. The maximum atomic E-state index is 5.66. The quantitative estimate of drug-likeness (QED) is 0.921. The third-order valence-electron chi connectivity index (χ3n) is 3.43. The van der Waals surface area contributed by atoms with Crippen LogP contribution >= 0.6 is 15.9 Å². The van der Waals surface area contributed by atoms with Gasteiger partial charge < -0.3 is 10.6 Å². The van der Waals surface area contributed by atoms with Crippen LogP contribution in [-0.4, -0.2) is 0 Å². The Morgan fingerprint density at radius 3 is 2.28 bits per heavy atom. The third-order valence-corrected chi connectivity index (χ3v) is 4.06. The lowest BCUT2D eigenvalue weighted by atomic mass is 10.1. The van der Waals surface area contributed by atoms with E-state index in [1.165, 1.54) is 16.8 Å². The molecule has 0 amide bonds. The highest BCUT2D eigenvalue weighted by molar-refractivity contribution is 9.10. The normalized spacial score (nSPS) is 13.8. The van der Waals surface area contributed by atoms with Gasteiger partial charge in [0.2, 0.25) is 0 Å². The fraction of sp³-hybridized carbons (Fsp3) is 0.200. The summed E-state index contributed by atoms with van der Waals surface area (Å²) in [7, 11) is 0. The summed E-state index contributed by atoms with van der Waals surface area (Å²) in [6, 6.07) is 15.0. The van der Waals surface area contributed by atoms with E-state index < -0.39 is 0 Å². The van der Waals surface area contributed by atoms with Gasteiger partial charge in [-0.05, 0) is 44.8 Å². The highest BCUT2D eigenvalue weighted by atomic mass is 79.9. The predicted octanol–water partition coefficient (Wildman–Crippen LogP) is 3.43. The van der Waals surface area contributed by atoms with Crippen molar-refractivity contribution in [2.75, 3.05) is 4.90 Å². The van der Waals surface area contributed by atoms with Crippen LogP contribution in [0.1, 0.15) is 16.7 Å². The topological polar surface area (TPSA) is 29.3 Å². The molecule has 0 aliphatic carbocycles. The molecule has 2 aromatic rings. The highest BCUT2D eigenvalue weighted by Gasteiger charge is 2.20. The standard InChI is InChI=1S/C15H15BrN2/c16-14-7-11(8-17)5-6-15(14)18-9-12-3-1-2-4-13(12)10-18/h1-7H,8-10,17H2. The number of nitrogens with zero attached hydrogens (tertiary/aromatic N) is 1. The van der Waals surface area contributed by atoms with E-state index in [9.17, 15) is 0 Å². The van der Waals surface area contributed by atoms with Crippen LogP contribution in [0.3, 0.4) is 0 Å². The highest BCUT2D eigenvalue weighted by Crippen LogP contribution is 2.33. The maximum Gasteiger partial charge on any atom is 0.0516 e. The summed E-state index contributed by atoms with van der Waals surface area (Å²) in [5.41, 5.74) is 10.9. The molecule has 0 radical (unpaired) electrons. The summed E-state index contributed by atoms with van der Waals surface area (Å²) in [5, 5.41) is 0. The van der Waals surface area contributed by atoms with E-state index in [0.29, 0.717) is 6.54 Å². The van der Waals surface area contributed by atoms with Gasteiger partial charge in [-0.15, -0.1) is 0 Å². The molecule has 3 heteroatoms. The summed E-state index contributed by atoms with van der Waals surface area (Å²) in [6.07, 6.45) is 0. The van der Waals surface area contributed by atoms with Crippen molar-refractivity contribution in [3.05, 3.63) is 63.6 Å². The molecule has 0 aromatic heterocycles. The summed E-state index contributed by atoms with van der Waals surface area (Å²) >= 11 is 3.65. The molecule has 0 saturated heterocycles. The van der Waals surface area contributed by atoms with Gasteiger partial charge in [0, 0.05) is 24.1 Å². The molecule has 1 aliphatic rings. The third kappa shape index (κ3) is 2.04. The van der Waals surface area contributed by atoms with Crippen molar-refractivity contribution in [1.29, 1.82) is 0 Å². The number of hydrogen-bond donors (Lipinski definition) is 1. The van der Waals surface area contributed by atoms with E-state index in [0.717, 1.165) is 23.1 Å². The minimum atomic E-state index is 0.582. The summed E-state index contributed by atoms with van der Waals surface area (Å²) in [4.78, 5) is 2.38. The molecule has 0 saturated carbocycles. The fourth-order valence-electron chi connectivity index (χ4n) is 2.44. The van der Waals surface area contributed by atoms with Gasteiger partial charge in [0.15, 0.2) is 0 Å². The fourth-order valence-corrected chi connectivity index (χ4v) is 3.11. The van der Waals surface area contributed by atoms with Crippen LogP contribution in [0.15, 0.2) is 46.9 Å². The molecule has 2 nitrogen and oxygen atoms in total. The molecule has 92 valence electrons. The maximum absolute atomic E-state index is 5.66. The summed E-state index contributed by atoms with van der Waals surface area (Å²) in [6.45, 7) is 2.55. The predicted molar refractivity (Wildman–Crippen MR) is 78.4 cm³/mol. The van der Waals surface area contributed by atoms with Gasteiger partial charge in [0.1, 0.15) is 0 Å². The minimum Gasteiger partial charge on any atom is -0.362 e. The Balaban J connectivity index is 1.90. The monoisotopic (exact) mass is 302 g/mol. The SMILES string of the molecule is NCc1ccc(N2Cc3ccccc3C2)c(Br)c1. The Morgan fingerprint density at radius 2 is 1.72 bits per heavy atom. The molecule has 1 aliphatic heterocycles. The summed E-state index contributed by atoms with van der Waals surface area (Å²) < 4.78 is 1.12. The number of hydrogen-bond acceptors (Lipinski definition) is 2. The van der Waals surface area contributed by atoms with E-state index in [1.807, 2.05) is 0 Å². The van der Waals surface area contributed by atoms with Gasteiger partial charge >= 0.3 is 0 Å². The molecule has 0 fully saturated rings. The van der Waals surface area contributed by atoms with Crippen LogP contribution in [0, 0.1) is 0 Å². The minimum absolute atomic E-state index is 0.582. The molecule has 0 spiro atoms. The second-order valence-electron chi connectivity index (χ2n) is 4.61. The van der Waals surface area contributed by atoms with Crippen molar-refractivity contribution in [2.45, 2.75) is 19.6 Å². The van der Waals surface area contributed by atoms with Crippen LogP contribution in [0.2, 0.25) is 0 Å².